The summed E-state index contributed by atoms with van der Waals surface area (Å²) < 4.78 is 32.5. The van der Waals surface area contributed by atoms with Gasteiger partial charge in [-0.1, -0.05) is 6.07 Å². The monoisotopic (exact) mass is 313 g/mol. The Hall–Kier alpha value is -1.44. The lowest BCUT2D eigenvalue weighted by Crippen LogP contribution is -2.28. The van der Waals surface area contributed by atoms with Crippen molar-refractivity contribution in [3.05, 3.63) is 29.3 Å². The van der Waals surface area contributed by atoms with Gasteiger partial charge in [-0.3, -0.25) is 0 Å². The lowest BCUT2D eigenvalue weighted by molar-refractivity contribution is 0.0695. The van der Waals surface area contributed by atoms with Gasteiger partial charge in [0.2, 0.25) is 10.0 Å². The second-order valence-electron chi connectivity index (χ2n) is 5.06. The van der Waals surface area contributed by atoms with Gasteiger partial charge in [0.1, 0.15) is 0 Å². The normalized spacial score (nSPS) is 18.8. The standard InChI is InChI=1S/C14H19NO5S/c1-10-12(14(16)17)5-2-6-13(10)21(18,19)15-8-7-11-4-3-9-20-11/h2,5-6,11,15H,3-4,7-9H2,1H3,(H,16,17). The summed E-state index contributed by atoms with van der Waals surface area (Å²) >= 11 is 0. The second kappa shape index (κ2) is 6.55. The summed E-state index contributed by atoms with van der Waals surface area (Å²) in [5.74, 6) is -1.14. The Kier molecular flexibility index (Phi) is 4.97. The predicted molar refractivity (Wildman–Crippen MR) is 76.9 cm³/mol. The number of carboxylic acid groups (broad SMARTS) is 1. The molecule has 0 aliphatic carbocycles. The number of aromatic carboxylic acids is 1. The maximum absolute atomic E-state index is 12.3. The molecule has 2 rings (SSSR count). The molecule has 116 valence electrons. The lowest BCUT2D eigenvalue weighted by atomic mass is 10.1. The van der Waals surface area contributed by atoms with Crippen LogP contribution in [0.4, 0.5) is 0 Å². The molecule has 21 heavy (non-hydrogen) atoms. The van der Waals surface area contributed by atoms with Crippen LogP contribution in [0.25, 0.3) is 0 Å². The first-order chi connectivity index (χ1) is 9.92. The molecule has 7 heteroatoms. The van der Waals surface area contributed by atoms with Crippen molar-refractivity contribution in [2.45, 2.75) is 37.2 Å². The van der Waals surface area contributed by atoms with E-state index >= 15 is 0 Å². The molecule has 0 radical (unpaired) electrons. The Morgan fingerprint density at radius 2 is 2.24 bits per heavy atom. The molecular formula is C14H19NO5S. The summed E-state index contributed by atoms with van der Waals surface area (Å²) in [4.78, 5) is 11.1. The number of rotatable bonds is 6. The van der Waals surface area contributed by atoms with E-state index in [1.54, 1.807) is 0 Å². The van der Waals surface area contributed by atoms with E-state index in [0.717, 1.165) is 19.4 Å². The lowest BCUT2D eigenvalue weighted by Gasteiger charge is -2.13. The minimum absolute atomic E-state index is 0.00278. The number of hydrogen-bond donors (Lipinski definition) is 2. The van der Waals surface area contributed by atoms with Crippen LogP contribution < -0.4 is 4.72 Å². The van der Waals surface area contributed by atoms with Crippen LogP contribution in [-0.4, -0.2) is 38.7 Å². The molecule has 0 bridgehead atoms. The zero-order valence-electron chi connectivity index (χ0n) is 11.8. The Balaban J connectivity index is 2.08. The van der Waals surface area contributed by atoms with Crippen molar-refractivity contribution in [2.24, 2.45) is 0 Å². The third-order valence-corrected chi connectivity index (χ3v) is 5.19. The molecule has 0 spiro atoms. The van der Waals surface area contributed by atoms with Crippen LogP contribution in [0.1, 0.15) is 35.2 Å². The number of nitrogens with one attached hydrogen (secondary N) is 1. The summed E-state index contributed by atoms with van der Waals surface area (Å²) in [6.45, 7) is 2.51. The second-order valence-corrected chi connectivity index (χ2v) is 6.79. The average molecular weight is 313 g/mol. The van der Waals surface area contributed by atoms with E-state index in [1.807, 2.05) is 0 Å². The van der Waals surface area contributed by atoms with Crippen molar-refractivity contribution in [3.63, 3.8) is 0 Å². The minimum Gasteiger partial charge on any atom is -0.478 e. The summed E-state index contributed by atoms with van der Waals surface area (Å²) in [5.41, 5.74) is 0.242. The predicted octanol–water partition coefficient (Wildman–Crippen LogP) is 1.54. The van der Waals surface area contributed by atoms with Gasteiger partial charge in [-0.15, -0.1) is 0 Å². The smallest absolute Gasteiger partial charge is 0.335 e. The molecule has 1 aromatic carbocycles. The minimum atomic E-state index is -3.71. The van der Waals surface area contributed by atoms with E-state index in [-0.39, 0.29) is 28.7 Å². The number of ether oxygens (including phenoxy) is 1. The summed E-state index contributed by atoms with van der Waals surface area (Å²) in [5, 5.41) is 9.04. The molecule has 1 saturated heterocycles. The molecule has 1 heterocycles. The fourth-order valence-electron chi connectivity index (χ4n) is 2.44. The zero-order valence-corrected chi connectivity index (χ0v) is 12.6. The van der Waals surface area contributed by atoms with Gasteiger partial charge in [0, 0.05) is 13.2 Å². The molecule has 0 aromatic heterocycles. The molecule has 1 unspecified atom stereocenters. The number of carboxylic acids is 1. The third kappa shape index (κ3) is 3.81. The van der Waals surface area contributed by atoms with Gasteiger partial charge < -0.3 is 9.84 Å². The van der Waals surface area contributed by atoms with Crippen LogP contribution in [-0.2, 0) is 14.8 Å². The fourth-order valence-corrected chi connectivity index (χ4v) is 3.75. The molecule has 1 aliphatic rings. The Bertz CT molecular complexity index is 620. The Labute approximate surface area is 124 Å². The number of sulfonamides is 1. The zero-order chi connectivity index (χ0) is 15.5. The van der Waals surface area contributed by atoms with Crippen LogP contribution in [0.3, 0.4) is 0 Å². The SMILES string of the molecule is Cc1c(C(=O)O)cccc1S(=O)(=O)NCCC1CCCO1. The van der Waals surface area contributed by atoms with E-state index in [9.17, 15) is 13.2 Å². The highest BCUT2D eigenvalue weighted by molar-refractivity contribution is 7.89. The van der Waals surface area contributed by atoms with Crippen LogP contribution in [0, 0.1) is 6.92 Å². The number of benzene rings is 1. The highest BCUT2D eigenvalue weighted by Crippen LogP contribution is 2.19. The first-order valence-corrected chi connectivity index (χ1v) is 8.34. The van der Waals surface area contributed by atoms with Gasteiger partial charge in [-0.05, 0) is 43.9 Å². The number of carbonyl (C=O) groups is 1. The van der Waals surface area contributed by atoms with E-state index in [1.165, 1.54) is 25.1 Å². The highest BCUT2D eigenvalue weighted by atomic mass is 32.2. The van der Waals surface area contributed by atoms with Gasteiger partial charge in [-0.2, -0.15) is 0 Å². The van der Waals surface area contributed by atoms with E-state index in [4.69, 9.17) is 9.84 Å². The van der Waals surface area contributed by atoms with Crippen molar-refractivity contribution in [1.29, 1.82) is 0 Å². The van der Waals surface area contributed by atoms with Crippen molar-refractivity contribution in [1.82, 2.24) is 4.72 Å². The van der Waals surface area contributed by atoms with Gasteiger partial charge in [-0.25, -0.2) is 17.9 Å². The first kappa shape index (κ1) is 15.9. The maximum atomic E-state index is 12.3. The molecule has 0 saturated carbocycles. The van der Waals surface area contributed by atoms with Crippen LogP contribution in [0.15, 0.2) is 23.1 Å². The van der Waals surface area contributed by atoms with Crippen molar-refractivity contribution >= 4 is 16.0 Å². The molecule has 1 aliphatic heterocycles. The summed E-state index contributed by atoms with van der Waals surface area (Å²) in [6, 6.07) is 4.24. The van der Waals surface area contributed by atoms with Gasteiger partial charge in [0.05, 0.1) is 16.6 Å². The van der Waals surface area contributed by atoms with Crippen molar-refractivity contribution in [2.75, 3.05) is 13.2 Å². The fraction of sp³-hybridized carbons (Fsp3) is 0.500. The Morgan fingerprint density at radius 1 is 1.48 bits per heavy atom. The molecule has 1 aromatic rings. The molecule has 2 N–H and O–H groups in total. The van der Waals surface area contributed by atoms with Gasteiger partial charge in [0.25, 0.3) is 0 Å². The highest BCUT2D eigenvalue weighted by Gasteiger charge is 2.21. The largest absolute Gasteiger partial charge is 0.478 e. The topological polar surface area (TPSA) is 92.7 Å². The van der Waals surface area contributed by atoms with Crippen LogP contribution in [0.2, 0.25) is 0 Å². The van der Waals surface area contributed by atoms with Crippen LogP contribution >= 0.6 is 0 Å². The van der Waals surface area contributed by atoms with Crippen molar-refractivity contribution in [3.8, 4) is 0 Å². The molecule has 0 amide bonds. The van der Waals surface area contributed by atoms with Crippen LogP contribution in [0.5, 0.6) is 0 Å². The molecule has 6 nitrogen and oxygen atoms in total. The average Bonchev–Trinajstić information content (AvgIpc) is 2.91. The van der Waals surface area contributed by atoms with E-state index in [2.05, 4.69) is 4.72 Å². The quantitative estimate of drug-likeness (QED) is 0.831. The molecule has 1 fully saturated rings. The van der Waals surface area contributed by atoms with Crippen molar-refractivity contribution < 1.29 is 23.1 Å². The van der Waals surface area contributed by atoms with Gasteiger partial charge in [0.15, 0.2) is 0 Å². The maximum Gasteiger partial charge on any atom is 0.335 e. The number of hydrogen-bond acceptors (Lipinski definition) is 4. The van der Waals surface area contributed by atoms with E-state index in [0.29, 0.717) is 6.42 Å². The summed E-state index contributed by atoms with van der Waals surface area (Å²) in [7, 11) is -3.71. The third-order valence-electron chi connectivity index (χ3n) is 3.59. The summed E-state index contributed by atoms with van der Waals surface area (Å²) in [6.07, 6.45) is 2.70. The molecular weight excluding hydrogens is 294 g/mol. The first-order valence-electron chi connectivity index (χ1n) is 6.86. The Morgan fingerprint density at radius 3 is 2.86 bits per heavy atom. The van der Waals surface area contributed by atoms with Gasteiger partial charge >= 0.3 is 5.97 Å². The molecule has 1 atom stereocenters. The van der Waals surface area contributed by atoms with E-state index < -0.39 is 16.0 Å².